The Bertz CT molecular complexity index is 1110. The smallest absolute Gasteiger partial charge is 0.132 e. The van der Waals surface area contributed by atoms with E-state index in [1.54, 1.807) is 0 Å². The molecule has 0 aromatic heterocycles. The van der Waals surface area contributed by atoms with Gasteiger partial charge in [-0.05, 0) is 85.1 Å². The van der Waals surface area contributed by atoms with E-state index < -0.39 is 0 Å². The third kappa shape index (κ3) is 5.58. The summed E-state index contributed by atoms with van der Waals surface area (Å²) in [6.45, 7) is 9.88. The third-order valence-corrected chi connectivity index (χ3v) is 7.83. The average molecular weight is 468 g/mol. The molecule has 2 aliphatic heterocycles. The van der Waals surface area contributed by atoms with Gasteiger partial charge in [0.15, 0.2) is 0 Å². The molecule has 2 aliphatic carbocycles. The van der Waals surface area contributed by atoms with Crippen molar-refractivity contribution in [3.8, 4) is 0 Å². The van der Waals surface area contributed by atoms with E-state index in [1.165, 1.54) is 84.2 Å². The zero-order valence-corrected chi connectivity index (χ0v) is 21.9. The lowest BCUT2D eigenvalue weighted by atomic mass is 9.86. The average Bonchev–Trinajstić information content (AvgIpc) is 3.06. The number of ether oxygens (including phenoxy) is 1. The van der Waals surface area contributed by atoms with Gasteiger partial charge in [-0.3, -0.25) is 0 Å². The van der Waals surface area contributed by atoms with Gasteiger partial charge in [0.2, 0.25) is 0 Å². The number of nitrogens with zero attached hydrogens (tertiary/aromatic N) is 1. The Morgan fingerprint density at radius 1 is 0.943 bits per heavy atom. The number of allylic oxidation sites excluding steroid dienone is 9. The first kappa shape index (κ1) is 24.0. The fourth-order valence-corrected chi connectivity index (χ4v) is 5.71. The van der Waals surface area contributed by atoms with E-state index in [2.05, 4.69) is 86.4 Å². The van der Waals surface area contributed by atoms with E-state index >= 15 is 0 Å². The van der Waals surface area contributed by atoms with Gasteiger partial charge < -0.3 is 9.64 Å². The van der Waals surface area contributed by atoms with Gasteiger partial charge in [-0.25, -0.2) is 0 Å². The molecule has 0 N–H and O–H groups in total. The predicted octanol–water partition coefficient (Wildman–Crippen LogP) is 8.10. The first-order chi connectivity index (χ1) is 17.0. The zero-order valence-electron chi connectivity index (χ0n) is 21.9. The lowest BCUT2D eigenvalue weighted by molar-refractivity contribution is 0.236. The zero-order chi connectivity index (χ0) is 24.3. The maximum absolute atomic E-state index is 6.50. The highest BCUT2D eigenvalue weighted by atomic mass is 16.5. The van der Waals surface area contributed by atoms with Gasteiger partial charge in [0.25, 0.3) is 0 Å². The first-order valence-electron chi connectivity index (χ1n) is 13.7. The molecular formula is C33H41NO. The van der Waals surface area contributed by atoms with E-state index in [0.717, 1.165) is 25.1 Å². The summed E-state index contributed by atoms with van der Waals surface area (Å²) in [5.74, 6) is 1.14. The van der Waals surface area contributed by atoms with Crippen LogP contribution in [0.3, 0.4) is 0 Å². The molecule has 0 saturated carbocycles. The van der Waals surface area contributed by atoms with Gasteiger partial charge in [-0.2, -0.15) is 0 Å². The fourth-order valence-electron chi connectivity index (χ4n) is 5.71. The van der Waals surface area contributed by atoms with Crippen LogP contribution in [0.2, 0.25) is 0 Å². The summed E-state index contributed by atoms with van der Waals surface area (Å²) in [6, 6.07) is 9.29. The number of likely N-dealkylation sites (tertiary alicyclic amines) is 1. The van der Waals surface area contributed by atoms with Crippen LogP contribution in [0.5, 0.6) is 0 Å². The number of benzene rings is 1. The molecule has 1 aromatic carbocycles. The number of unbranched alkanes of at least 4 members (excludes halogenated alkanes) is 1. The van der Waals surface area contributed by atoms with Gasteiger partial charge in [0, 0.05) is 29.9 Å². The fraction of sp³-hybridized carbons (Fsp3) is 0.455. The maximum Gasteiger partial charge on any atom is 0.132 e. The molecule has 4 aliphatic rings. The van der Waals surface area contributed by atoms with Crippen molar-refractivity contribution in [2.75, 3.05) is 19.7 Å². The van der Waals surface area contributed by atoms with Gasteiger partial charge in [0.05, 0.1) is 0 Å². The van der Waals surface area contributed by atoms with Crippen molar-refractivity contribution in [2.45, 2.75) is 77.6 Å². The van der Waals surface area contributed by atoms with Gasteiger partial charge in [-0.1, -0.05) is 75.4 Å². The van der Waals surface area contributed by atoms with Crippen LogP contribution in [0.4, 0.5) is 0 Å². The third-order valence-electron chi connectivity index (χ3n) is 7.83. The Labute approximate surface area is 212 Å². The van der Waals surface area contributed by atoms with Crippen LogP contribution in [0.1, 0.15) is 76.8 Å². The van der Waals surface area contributed by atoms with E-state index in [0.29, 0.717) is 6.61 Å². The van der Waals surface area contributed by atoms with Crippen molar-refractivity contribution >= 4 is 0 Å². The highest BCUT2D eigenvalue weighted by molar-refractivity contribution is 5.55. The molecule has 2 nitrogen and oxygen atoms in total. The Balaban J connectivity index is 1.26. The molecule has 1 fully saturated rings. The SMILES string of the molecule is CC(C)(C)c1ccc(CCCCN2CCCCC2=C2CC=CC3=C2OCC2=CC=CCC2=C3)cc1. The number of aryl methyl sites for hydroxylation is 1. The highest BCUT2D eigenvalue weighted by Gasteiger charge is 2.26. The van der Waals surface area contributed by atoms with Crippen LogP contribution in [-0.2, 0) is 16.6 Å². The number of hydrogen-bond donors (Lipinski definition) is 0. The minimum absolute atomic E-state index is 0.226. The molecule has 35 heavy (non-hydrogen) atoms. The van der Waals surface area contributed by atoms with Crippen LogP contribution >= 0.6 is 0 Å². The summed E-state index contributed by atoms with van der Waals surface area (Å²) in [7, 11) is 0. The van der Waals surface area contributed by atoms with E-state index in [1.807, 2.05) is 0 Å². The highest BCUT2D eigenvalue weighted by Crippen LogP contribution is 2.38. The van der Waals surface area contributed by atoms with E-state index in [9.17, 15) is 0 Å². The van der Waals surface area contributed by atoms with Crippen LogP contribution in [0.25, 0.3) is 0 Å². The van der Waals surface area contributed by atoms with E-state index in [-0.39, 0.29) is 5.41 Å². The predicted molar refractivity (Wildman–Crippen MR) is 147 cm³/mol. The van der Waals surface area contributed by atoms with Crippen molar-refractivity contribution in [2.24, 2.45) is 0 Å². The number of fused-ring (bicyclic) bond motifs is 1. The largest absolute Gasteiger partial charge is 0.488 e. The second-order valence-corrected chi connectivity index (χ2v) is 11.4. The second kappa shape index (κ2) is 10.5. The molecule has 2 heterocycles. The molecule has 0 radical (unpaired) electrons. The molecule has 184 valence electrons. The Morgan fingerprint density at radius 2 is 1.80 bits per heavy atom. The molecule has 0 spiro atoms. The van der Waals surface area contributed by atoms with Crippen LogP contribution in [-0.4, -0.2) is 24.6 Å². The van der Waals surface area contributed by atoms with Crippen molar-refractivity contribution in [3.05, 3.63) is 106 Å². The molecule has 0 bridgehead atoms. The van der Waals surface area contributed by atoms with E-state index in [4.69, 9.17) is 4.74 Å². The molecule has 0 amide bonds. The summed E-state index contributed by atoms with van der Waals surface area (Å²) >= 11 is 0. The summed E-state index contributed by atoms with van der Waals surface area (Å²) in [5, 5.41) is 0. The molecule has 0 atom stereocenters. The summed E-state index contributed by atoms with van der Waals surface area (Å²) in [4.78, 5) is 2.68. The topological polar surface area (TPSA) is 12.5 Å². The number of hydrogen-bond acceptors (Lipinski definition) is 2. The van der Waals surface area contributed by atoms with Crippen molar-refractivity contribution in [3.63, 3.8) is 0 Å². The van der Waals surface area contributed by atoms with Gasteiger partial charge in [-0.15, -0.1) is 0 Å². The van der Waals surface area contributed by atoms with Crippen LogP contribution < -0.4 is 0 Å². The standard InChI is InChI=1S/C33H41NO/c1-33(2,3)29-19-17-25(18-20-29)11-6-8-21-34-22-9-7-16-31(34)30-15-10-14-27-23-26-12-4-5-13-28(26)24-35-32(27)30/h4-5,10,13-14,17-20,23H,6-9,11-12,15-16,21-22,24H2,1-3H3. The molecule has 1 aromatic rings. The maximum atomic E-state index is 6.50. The molecule has 1 saturated heterocycles. The van der Waals surface area contributed by atoms with Crippen LogP contribution in [0.15, 0.2) is 94.5 Å². The number of rotatable bonds is 5. The summed E-state index contributed by atoms with van der Waals surface area (Å²) in [5.41, 5.74) is 10.1. The lowest BCUT2D eigenvalue weighted by Crippen LogP contribution is -2.31. The first-order valence-corrected chi connectivity index (χ1v) is 13.7. The normalized spacial score (nSPS) is 22.2. The second-order valence-electron chi connectivity index (χ2n) is 11.4. The minimum atomic E-state index is 0.226. The summed E-state index contributed by atoms with van der Waals surface area (Å²) in [6.07, 6.45) is 23.0. The Morgan fingerprint density at radius 3 is 2.63 bits per heavy atom. The quantitative estimate of drug-likeness (QED) is 0.406. The molecule has 2 heteroatoms. The number of piperidine rings is 1. The summed E-state index contributed by atoms with van der Waals surface area (Å²) < 4.78 is 6.50. The van der Waals surface area contributed by atoms with Crippen LogP contribution in [0, 0.1) is 0 Å². The Kier molecular flexibility index (Phi) is 7.18. The lowest BCUT2D eigenvalue weighted by Gasteiger charge is -2.35. The minimum Gasteiger partial charge on any atom is -0.488 e. The molecular weight excluding hydrogens is 426 g/mol. The van der Waals surface area contributed by atoms with Crippen molar-refractivity contribution < 1.29 is 4.74 Å². The molecule has 0 unspecified atom stereocenters. The molecule has 5 rings (SSSR count). The van der Waals surface area contributed by atoms with Crippen molar-refractivity contribution in [1.29, 1.82) is 0 Å². The monoisotopic (exact) mass is 467 g/mol. The Hall–Kier alpha value is -2.74. The van der Waals surface area contributed by atoms with Crippen molar-refractivity contribution in [1.82, 2.24) is 4.90 Å². The van der Waals surface area contributed by atoms with Gasteiger partial charge >= 0.3 is 0 Å². The van der Waals surface area contributed by atoms with Gasteiger partial charge in [0.1, 0.15) is 12.4 Å².